The van der Waals surface area contributed by atoms with Gasteiger partial charge in [0.1, 0.15) is 0 Å². The van der Waals surface area contributed by atoms with Crippen molar-refractivity contribution in [3.8, 4) is 0 Å². The summed E-state index contributed by atoms with van der Waals surface area (Å²) in [7, 11) is 3.27. The number of methoxy groups -OCH3 is 1. The van der Waals surface area contributed by atoms with Gasteiger partial charge in [0.15, 0.2) is 0 Å². The van der Waals surface area contributed by atoms with Gasteiger partial charge in [-0.25, -0.2) is 4.79 Å². The molecule has 0 saturated heterocycles. The molecular formula is C14H21NO3. The molecule has 18 heavy (non-hydrogen) atoms. The van der Waals surface area contributed by atoms with E-state index in [-0.39, 0.29) is 5.97 Å². The molecule has 0 spiro atoms. The van der Waals surface area contributed by atoms with Crippen LogP contribution >= 0.6 is 0 Å². The fraction of sp³-hybridized carbons (Fsp3) is 0.500. The van der Waals surface area contributed by atoms with Crippen molar-refractivity contribution in [1.29, 1.82) is 0 Å². The first-order valence-corrected chi connectivity index (χ1v) is 5.96. The molecule has 0 aliphatic heterocycles. The molecule has 0 fully saturated rings. The van der Waals surface area contributed by atoms with Gasteiger partial charge in [0.25, 0.3) is 0 Å². The third-order valence-corrected chi connectivity index (χ3v) is 2.78. The highest BCUT2D eigenvalue weighted by Gasteiger charge is 2.17. The molecule has 0 bridgehead atoms. The molecule has 0 aliphatic carbocycles. The van der Waals surface area contributed by atoms with Crippen LogP contribution in [0.4, 0.5) is 5.69 Å². The van der Waals surface area contributed by atoms with E-state index in [4.69, 9.17) is 4.74 Å². The third kappa shape index (κ3) is 4.04. The lowest BCUT2D eigenvalue weighted by molar-refractivity contribution is 0.0601. The molecule has 0 unspecified atom stereocenters. The van der Waals surface area contributed by atoms with E-state index in [1.807, 2.05) is 24.1 Å². The molecule has 1 aromatic carbocycles. The van der Waals surface area contributed by atoms with Crippen molar-refractivity contribution in [2.24, 2.45) is 0 Å². The number of carbonyl (C=O) groups is 1. The second kappa shape index (κ2) is 5.87. The highest BCUT2D eigenvalue weighted by Crippen LogP contribution is 2.21. The van der Waals surface area contributed by atoms with E-state index in [0.29, 0.717) is 18.5 Å². The maximum Gasteiger partial charge on any atom is 0.339 e. The molecule has 0 radical (unpaired) electrons. The van der Waals surface area contributed by atoms with Crippen LogP contribution in [0.3, 0.4) is 0 Å². The minimum absolute atomic E-state index is 0.347. The lowest BCUT2D eigenvalue weighted by Crippen LogP contribution is -2.29. The summed E-state index contributed by atoms with van der Waals surface area (Å²) in [6.07, 6.45) is 0.624. The van der Waals surface area contributed by atoms with Crippen LogP contribution in [0.1, 0.15) is 30.6 Å². The number of rotatable bonds is 5. The summed E-state index contributed by atoms with van der Waals surface area (Å²) >= 11 is 0. The number of ether oxygens (including phenoxy) is 1. The Morgan fingerprint density at radius 3 is 2.56 bits per heavy atom. The number of anilines is 1. The molecule has 0 atom stereocenters. The van der Waals surface area contributed by atoms with Gasteiger partial charge >= 0.3 is 5.97 Å². The van der Waals surface area contributed by atoms with Crippen LogP contribution in [0.2, 0.25) is 0 Å². The molecule has 0 saturated carbocycles. The molecule has 4 nitrogen and oxygen atoms in total. The van der Waals surface area contributed by atoms with Crippen molar-refractivity contribution in [1.82, 2.24) is 0 Å². The topological polar surface area (TPSA) is 49.8 Å². The summed E-state index contributed by atoms with van der Waals surface area (Å²) in [5, 5.41) is 9.72. The summed E-state index contributed by atoms with van der Waals surface area (Å²) in [6, 6.07) is 7.29. The number of para-hydroxylation sites is 1. The summed E-state index contributed by atoms with van der Waals surface area (Å²) in [6.45, 7) is 4.21. The smallest absolute Gasteiger partial charge is 0.339 e. The van der Waals surface area contributed by atoms with Crippen molar-refractivity contribution in [3.05, 3.63) is 29.8 Å². The number of esters is 1. The SMILES string of the molecule is COC(=O)c1ccccc1N(C)CCC(C)(C)O. The minimum atomic E-state index is -0.714. The highest BCUT2D eigenvalue weighted by molar-refractivity contribution is 5.95. The summed E-state index contributed by atoms with van der Waals surface area (Å²) < 4.78 is 4.76. The van der Waals surface area contributed by atoms with E-state index >= 15 is 0 Å². The van der Waals surface area contributed by atoms with Crippen LogP contribution in [0.25, 0.3) is 0 Å². The van der Waals surface area contributed by atoms with Gasteiger partial charge in [-0.3, -0.25) is 0 Å². The van der Waals surface area contributed by atoms with Crippen molar-refractivity contribution < 1.29 is 14.6 Å². The number of benzene rings is 1. The summed E-state index contributed by atoms with van der Waals surface area (Å²) in [5.74, 6) is -0.347. The highest BCUT2D eigenvalue weighted by atomic mass is 16.5. The van der Waals surface area contributed by atoms with Crippen LogP contribution in [0.5, 0.6) is 0 Å². The van der Waals surface area contributed by atoms with Crippen LogP contribution < -0.4 is 4.90 Å². The Labute approximate surface area is 108 Å². The monoisotopic (exact) mass is 251 g/mol. The normalized spacial score (nSPS) is 11.2. The van der Waals surface area contributed by atoms with Crippen LogP contribution in [0.15, 0.2) is 24.3 Å². The Morgan fingerprint density at radius 2 is 2.00 bits per heavy atom. The Balaban J connectivity index is 2.85. The Morgan fingerprint density at radius 1 is 1.39 bits per heavy atom. The molecular weight excluding hydrogens is 230 g/mol. The van der Waals surface area contributed by atoms with Crippen molar-refractivity contribution in [3.63, 3.8) is 0 Å². The van der Waals surface area contributed by atoms with E-state index in [2.05, 4.69) is 0 Å². The number of hydrogen-bond donors (Lipinski definition) is 1. The zero-order valence-electron chi connectivity index (χ0n) is 11.4. The zero-order valence-corrected chi connectivity index (χ0v) is 11.4. The molecule has 1 rings (SSSR count). The third-order valence-electron chi connectivity index (χ3n) is 2.78. The van der Waals surface area contributed by atoms with E-state index in [1.165, 1.54) is 7.11 Å². The van der Waals surface area contributed by atoms with E-state index in [9.17, 15) is 9.90 Å². The van der Waals surface area contributed by atoms with Crippen LogP contribution in [0, 0.1) is 0 Å². The van der Waals surface area contributed by atoms with Gasteiger partial charge in [-0.1, -0.05) is 12.1 Å². The Bertz CT molecular complexity index is 410. The predicted molar refractivity (Wildman–Crippen MR) is 72.0 cm³/mol. The molecule has 0 amide bonds. The lowest BCUT2D eigenvalue weighted by atomic mass is 10.0. The zero-order chi connectivity index (χ0) is 13.8. The van der Waals surface area contributed by atoms with Crippen molar-refractivity contribution in [2.75, 3.05) is 25.6 Å². The molecule has 0 aliphatic rings. The van der Waals surface area contributed by atoms with Gasteiger partial charge in [-0.15, -0.1) is 0 Å². The first-order chi connectivity index (χ1) is 8.35. The Hall–Kier alpha value is -1.55. The number of nitrogens with zero attached hydrogens (tertiary/aromatic N) is 1. The van der Waals surface area contributed by atoms with E-state index in [1.54, 1.807) is 26.0 Å². The fourth-order valence-corrected chi connectivity index (χ4v) is 1.65. The van der Waals surface area contributed by atoms with E-state index in [0.717, 1.165) is 5.69 Å². The fourth-order valence-electron chi connectivity index (χ4n) is 1.65. The van der Waals surface area contributed by atoms with Gasteiger partial charge < -0.3 is 14.7 Å². The lowest BCUT2D eigenvalue weighted by Gasteiger charge is -2.25. The number of hydrogen-bond acceptors (Lipinski definition) is 4. The molecule has 4 heteroatoms. The Kier molecular flexibility index (Phi) is 4.73. The van der Waals surface area contributed by atoms with Crippen molar-refractivity contribution in [2.45, 2.75) is 25.9 Å². The van der Waals surface area contributed by atoms with Gasteiger partial charge in [0, 0.05) is 13.6 Å². The second-order valence-corrected chi connectivity index (χ2v) is 4.99. The molecule has 1 N–H and O–H groups in total. The second-order valence-electron chi connectivity index (χ2n) is 4.99. The first kappa shape index (κ1) is 14.5. The van der Waals surface area contributed by atoms with Gasteiger partial charge in [-0.05, 0) is 32.4 Å². The summed E-state index contributed by atoms with van der Waals surface area (Å²) in [5.41, 5.74) is 0.640. The largest absolute Gasteiger partial charge is 0.465 e. The molecule has 100 valence electrons. The summed E-state index contributed by atoms with van der Waals surface area (Å²) in [4.78, 5) is 13.6. The van der Waals surface area contributed by atoms with E-state index < -0.39 is 5.60 Å². The van der Waals surface area contributed by atoms with Crippen LogP contribution in [-0.2, 0) is 4.74 Å². The van der Waals surface area contributed by atoms with Crippen LogP contribution in [-0.4, -0.2) is 37.4 Å². The standard InChI is InChI=1S/C14H21NO3/c1-14(2,17)9-10-15(3)12-8-6-5-7-11(12)13(16)18-4/h5-8,17H,9-10H2,1-4H3. The molecule has 1 aromatic rings. The maximum atomic E-state index is 11.6. The average Bonchev–Trinajstić information content (AvgIpc) is 2.34. The average molecular weight is 251 g/mol. The number of aliphatic hydroxyl groups is 1. The first-order valence-electron chi connectivity index (χ1n) is 5.96. The van der Waals surface area contributed by atoms with Gasteiger partial charge in [0.05, 0.1) is 24.0 Å². The molecule has 0 heterocycles. The van der Waals surface area contributed by atoms with Crippen molar-refractivity contribution >= 4 is 11.7 Å². The minimum Gasteiger partial charge on any atom is -0.465 e. The molecule has 0 aromatic heterocycles. The van der Waals surface area contributed by atoms with Gasteiger partial charge in [-0.2, -0.15) is 0 Å². The maximum absolute atomic E-state index is 11.6. The van der Waals surface area contributed by atoms with Gasteiger partial charge in [0.2, 0.25) is 0 Å². The quantitative estimate of drug-likeness (QED) is 0.814. The predicted octanol–water partition coefficient (Wildman–Crippen LogP) is 2.07. The number of carbonyl (C=O) groups excluding carboxylic acids is 1.